The number of hydrogen-bond acceptors (Lipinski definition) is 7. The summed E-state index contributed by atoms with van der Waals surface area (Å²) in [6, 6.07) is 12.1. The molecule has 0 fully saturated rings. The predicted octanol–water partition coefficient (Wildman–Crippen LogP) is 4.05. The van der Waals surface area contributed by atoms with Gasteiger partial charge in [0.1, 0.15) is 5.75 Å². The molecule has 0 bridgehead atoms. The summed E-state index contributed by atoms with van der Waals surface area (Å²) in [6.07, 6.45) is 0. The van der Waals surface area contributed by atoms with E-state index in [9.17, 15) is 14.9 Å². The van der Waals surface area contributed by atoms with E-state index >= 15 is 0 Å². The quantitative estimate of drug-likeness (QED) is 0.475. The van der Waals surface area contributed by atoms with Gasteiger partial charge in [-0.05, 0) is 19.1 Å². The number of thiazole rings is 1. The van der Waals surface area contributed by atoms with Crippen molar-refractivity contribution in [2.45, 2.75) is 6.92 Å². The average Bonchev–Trinajstić information content (AvgIpc) is 3.15. The summed E-state index contributed by atoms with van der Waals surface area (Å²) in [4.78, 5) is 27.0. The van der Waals surface area contributed by atoms with Crippen LogP contribution >= 0.6 is 11.3 Å². The number of hydrogen-bond donors (Lipinski definition) is 1. The van der Waals surface area contributed by atoms with E-state index in [0.29, 0.717) is 10.9 Å². The molecule has 1 N–H and O–H groups in total. The van der Waals surface area contributed by atoms with E-state index in [4.69, 9.17) is 9.47 Å². The lowest BCUT2D eigenvalue weighted by atomic mass is 10.1. The summed E-state index contributed by atoms with van der Waals surface area (Å²) in [5.74, 6) is -0.148. The van der Waals surface area contributed by atoms with Crippen LogP contribution in [0.5, 0.6) is 11.5 Å². The molecule has 0 saturated carbocycles. The second-order valence-electron chi connectivity index (χ2n) is 5.83. The van der Waals surface area contributed by atoms with E-state index in [1.165, 1.54) is 36.6 Å². The zero-order chi connectivity index (χ0) is 20.1. The van der Waals surface area contributed by atoms with Gasteiger partial charge in [-0.3, -0.25) is 20.2 Å². The van der Waals surface area contributed by atoms with E-state index in [1.807, 2.05) is 36.6 Å². The third-order valence-electron chi connectivity index (χ3n) is 3.82. The second-order valence-corrected chi connectivity index (χ2v) is 6.69. The topological polar surface area (TPSA) is 104 Å². The lowest BCUT2D eigenvalue weighted by Crippen LogP contribution is -2.20. The Morgan fingerprint density at radius 1 is 1.25 bits per heavy atom. The highest BCUT2D eigenvalue weighted by Gasteiger charge is 2.18. The number of carbonyl (C=O) groups excluding carboxylic acids is 1. The van der Waals surface area contributed by atoms with E-state index in [-0.39, 0.29) is 18.0 Å². The third-order valence-corrected chi connectivity index (χ3v) is 4.58. The van der Waals surface area contributed by atoms with Crippen LogP contribution in [-0.2, 0) is 4.79 Å². The average molecular weight is 399 g/mol. The Morgan fingerprint density at radius 3 is 2.68 bits per heavy atom. The summed E-state index contributed by atoms with van der Waals surface area (Å²) < 4.78 is 10.3. The van der Waals surface area contributed by atoms with Gasteiger partial charge in [-0.1, -0.05) is 29.8 Å². The first-order chi connectivity index (χ1) is 13.5. The Kier molecular flexibility index (Phi) is 5.85. The molecule has 0 saturated heterocycles. The van der Waals surface area contributed by atoms with Crippen LogP contribution in [0.25, 0.3) is 11.3 Å². The predicted molar refractivity (Wildman–Crippen MR) is 106 cm³/mol. The maximum Gasteiger partial charge on any atom is 0.314 e. The molecule has 0 aliphatic heterocycles. The molecule has 0 aliphatic carbocycles. The number of nitrogens with one attached hydrogen (secondary N) is 1. The molecule has 144 valence electrons. The minimum atomic E-state index is -0.593. The Balaban J connectivity index is 1.62. The van der Waals surface area contributed by atoms with Gasteiger partial charge in [-0.2, -0.15) is 0 Å². The van der Waals surface area contributed by atoms with Crippen molar-refractivity contribution in [3.05, 3.63) is 63.5 Å². The molecule has 0 spiro atoms. The van der Waals surface area contributed by atoms with E-state index in [0.717, 1.165) is 16.8 Å². The van der Waals surface area contributed by atoms with Gasteiger partial charge in [0.25, 0.3) is 5.91 Å². The number of nitro groups is 1. The number of benzene rings is 2. The van der Waals surface area contributed by atoms with Crippen molar-refractivity contribution in [2.75, 3.05) is 19.0 Å². The van der Waals surface area contributed by atoms with Gasteiger partial charge in [0.05, 0.1) is 23.8 Å². The van der Waals surface area contributed by atoms with Gasteiger partial charge in [-0.25, -0.2) is 4.98 Å². The monoisotopic (exact) mass is 399 g/mol. The molecule has 1 heterocycles. The number of nitro benzene ring substituents is 1. The zero-order valence-electron chi connectivity index (χ0n) is 15.2. The van der Waals surface area contributed by atoms with E-state index in [2.05, 4.69) is 10.3 Å². The van der Waals surface area contributed by atoms with Crippen LogP contribution in [0.4, 0.5) is 10.8 Å². The minimum Gasteiger partial charge on any atom is -0.496 e. The maximum absolute atomic E-state index is 12.1. The number of nitrogens with zero attached hydrogens (tertiary/aromatic N) is 2. The zero-order valence-corrected chi connectivity index (χ0v) is 16.0. The number of amides is 1. The Morgan fingerprint density at radius 2 is 2.00 bits per heavy atom. The van der Waals surface area contributed by atoms with Gasteiger partial charge in [0.2, 0.25) is 0 Å². The van der Waals surface area contributed by atoms with Gasteiger partial charge < -0.3 is 9.47 Å². The summed E-state index contributed by atoms with van der Waals surface area (Å²) in [7, 11) is 1.41. The number of carbonyl (C=O) groups is 1. The smallest absolute Gasteiger partial charge is 0.314 e. The third kappa shape index (κ3) is 4.63. The van der Waals surface area contributed by atoms with Crippen LogP contribution in [0, 0.1) is 17.0 Å². The highest BCUT2D eigenvalue weighted by atomic mass is 32.1. The van der Waals surface area contributed by atoms with Crippen molar-refractivity contribution in [3.8, 4) is 22.8 Å². The first kappa shape index (κ1) is 19.3. The molecule has 28 heavy (non-hydrogen) atoms. The molecule has 1 aromatic heterocycles. The van der Waals surface area contributed by atoms with Crippen molar-refractivity contribution >= 4 is 28.1 Å². The number of methoxy groups -OCH3 is 1. The fourth-order valence-corrected chi connectivity index (χ4v) is 3.11. The fraction of sp³-hybridized carbons (Fsp3) is 0.158. The summed E-state index contributed by atoms with van der Waals surface area (Å²) in [5, 5.41) is 16.0. The fourth-order valence-electron chi connectivity index (χ4n) is 2.38. The molecule has 0 atom stereocenters. The number of aromatic nitrogens is 1. The van der Waals surface area contributed by atoms with E-state index < -0.39 is 10.8 Å². The summed E-state index contributed by atoms with van der Waals surface area (Å²) >= 11 is 1.29. The molecule has 2 aromatic carbocycles. The number of anilines is 1. The number of aryl methyl sites for hydroxylation is 1. The van der Waals surface area contributed by atoms with Crippen LogP contribution in [0.15, 0.2) is 47.8 Å². The van der Waals surface area contributed by atoms with Crippen molar-refractivity contribution in [3.63, 3.8) is 0 Å². The molecule has 0 aliphatic rings. The van der Waals surface area contributed by atoms with Crippen molar-refractivity contribution < 1.29 is 19.2 Å². The SMILES string of the molecule is COc1ccc(OCC(=O)Nc2nc(-c3ccc(C)cc3)cs2)c([N+](=O)[O-])c1. The second kappa shape index (κ2) is 8.49. The standard InChI is InChI=1S/C19H17N3O5S/c1-12-3-5-13(6-4-12)15-11-28-19(20-15)21-18(23)10-27-17-8-7-14(26-2)9-16(17)22(24)25/h3-9,11H,10H2,1-2H3,(H,20,21,23). The largest absolute Gasteiger partial charge is 0.496 e. The number of rotatable bonds is 7. The molecule has 3 aromatic rings. The Labute approximate surface area is 164 Å². The molecule has 9 heteroatoms. The maximum atomic E-state index is 12.1. The highest BCUT2D eigenvalue weighted by molar-refractivity contribution is 7.14. The summed E-state index contributed by atoms with van der Waals surface area (Å²) in [5.41, 5.74) is 2.58. The highest BCUT2D eigenvalue weighted by Crippen LogP contribution is 2.31. The normalized spacial score (nSPS) is 10.4. The van der Waals surface area contributed by atoms with Crippen molar-refractivity contribution in [1.29, 1.82) is 0 Å². The number of ether oxygens (including phenoxy) is 2. The lowest BCUT2D eigenvalue weighted by molar-refractivity contribution is -0.385. The van der Waals surface area contributed by atoms with Crippen LogP contribution in [0.1, 0.15) is 5.56 Å². The lowest BCUT2D eigenvalue weighted by Gasteiger charge is -2.07. The molecule has 3 rings (SSSR count). The van der Waals surface area contributed by atoms with Crippen LogP contribution < -0.4 is 14.8 Å². The molecular formula is C19H17N3O5S. The Hall–Kier alpha value is -3.46. The van der Waals surface area contributed by atoms with Crippen LogP contribution in [-0.4, -0.2) is 29.5 Å². The van der Waals surface area contributed by atoms with Gasteiger partial charge in [0, 0.05) is 10.9 Å². The van der Waals surface area contributed by atoms with Crippen LogP contribution in [0.2, 0.25) is 0 Å². The summed E-state index contributed by atoms with van der Waals surface area (Å²) in [6.45, 7) is 1.62. The molecule has 0 unspecified atom stereocenters. The van der Waals surface area contributed by atoms with E-state index in [1.54, 1.807) is 0 Å². The first-order valence-electron chi connectivity index (χ1n) is 8.24. The molecular weight excluding hydrogens is 382 g/mol. The molecule has 8 nitrogen and oxygen atoms in total. The molecule has 1 amide bonds. The van der Waals surface area contributed by atoms with Crippen molar-refractivity contribution in [1.82, 2.24) is 4.98 Å². The van der Waals surface area contributed by atoms with Gasteiger partial charge in [0.15, 0.2) is 17.5 Å². The van der Waals surface area contributed by atoms with Crippen molar-refractivity contribution in [2.24, 2.45) is 0 Å². The van der Waals surface area contributed by atoms with Gasteiger partial charge in [-0.15, -0.1) is 11.3 Å². The molecule has 0 radical (unpaired) electrons. The first-order valence-corrected chi connectivity index (χ1v) is 9.12. The van der Waals surface area contributed by atoms with Gasteiger partial charge >= 0.3 is 5.69 Å². The Bertz CT molecular complexity index is 1000. The van der Waals surface area contributed by atoms with Crippen LogP contribution in [0.3, 0.4) is 0 Å². The minimum absolute atomic E-state index is 0.0135.